The molecule has 2 nitrogen and oxygen atoms in total. The van der Waals surface area contributed by atoms with Gasteiger partial charge in [-0.2, -0.15) is 0 Å². The zero-order valence-electron chi connectivity index (χ0n) is 5.88. The Labute approximate surface area is 56.3 Å². The van der Waals surface area contributed by atoms with Crippen LogP contribution in [0.25, 0.3) is 4.85 Å². The van der Waals surface area contributed by atoms with Crippen LogP contribution < -0.4 is 0 Å². The van der Waals surface area contributed by atoms with Gasteiger partial charge in [0.05, 0.1) is 0 Å². The van der Waals surface area contributed by atoms with E-state index in [4.69, 9.17) is 6.57 Å². The van der Waals surface area contributed by atoms with Crippen molar-refractivity contribution in [2.24, 2.45) is 0 Å². The summed E-state index contributed by atoms with van der Waals surface area (Å²) in [6.45, 7) is 7.44. The van der Waals surface area contributed by atoms with Crippen molar-refractivity contribution < 1.29 is 0 Å². The van der Waals surface area contributed by atoms with Gasteiger partial charge in [-0.25, -0.2) is 0 Å². The predicted octanol–water partition coefficient (Wildman–Crippen LogP) is 1.04. The normalized spacial score (nSPS) is 23.6. The molecule has 1 saturated heterocycles. The van der Waals surface area contributed by atoms with Gasteiger partial charge in [0.25, 0.3) is 12.6 Å². The molecule has 1 aliphatic rings. The third-order valence-electron chi connectivity index (χ3n) is 1.90. The fourth-order valence-electron chi connectivity index (χ4n) is 1.14. The van der Waals surface area contributed by atoms with Gasteiger partial charge in [0, 0.05) is 25.9 Å². The highest BCUT2D eigenvalue weighted by molar-refractivity contribution is 4.86. The summed E-state index contributed by atoms with van der Waals surface area (Å²) >= 11 is 0. The molecule has 50 valence electrons. The summed E-state index contributed by atoms with van der Waals surface area (Å²) < 4.78 is 0. The van der Waals surface area contributed by atoms with E-state index in [0.717, 1.165) is 25.9 Å². The Morgan fingerprint density at radius 2 is 2.00 bits per heavy atom. The Hall–Kier alpha value is -0.550. The van der Waals surface area contributed by atoms with Crippen LogP contribution in [0.2, 0.25) is 0 Å². The highest BCUT2D eigenvalue weighted by Gasteiger charge is 2.22. The van der Waals surface area contributed by atoms with E-state index < -0.39 is 0 Å². The molecule has 0 bridgehead atoms. The number of hydrogen-bond acceptors (Lipinski definition) is 1. The first-order chi connectivity index (χ1) is 4.33. The molecule has 9 heavy (non-hydrogen) atoms. The lowest BCUT2D eigenvalue weighted by atomic mass is 10.1. The van der Waals surface area contributed by atoms with Gasteiger partial charge in [-0.3, -0.25) is 0 Å². The first-order valence-corrected chi connectivity index (χ1v) is 3.41. The standard InChI is InChI=1S/C7H13N2/c1-8-7-3-5-9(2)6-4-7/h1,7H,3-6H2,2H3/q+1. The lowest BCUT2D eigenvalue weighted by molar-refractivity contribution is 0.270. The van der Waals surface area contributed by atoms with Gasteiger partial charge in [-0.05, 0) is 7.05 Å². The maximum Gasteiger partial charge on any atom is 0.274 e. The molecule has 0 N–H and O–H groups in total. The number of likely N-dealkylation sites (tertiary alicyclic amines) is 1. The van der Waals surface area contributed by atoms with Crippen LogP contribution >= 0.6 is 0 Å². The summed E-state index contributed by atoms with van der Waals surface area (Å²) in [5.74, 6) is 0. The molecule has 1 aliphatic heterocycles. The molecule has 0 aromatic rings. The van der Waals surface area contributed by atoms with Crippen molar-refractivity contribution in [3.8, 4) is 6.57 Å². The number of hydrogen-bond donors (Lipinski definition) is 0. The van der Waals surface area contributed by atoms with Crippen molar-refractivity contribution in [2.75, 3.05) is 20.1 Å². The predicted molar refractivity (Wildman–Crippen MR) is 38.8 cm³/mol. The van der Waals surface area contributed by atoms with Crippen molar-refractivity contribution in [1.29, 1.82) is 0 Å². The van der Waals surface area contributed by atoms with Gasteiger partial charge < -0.3 is 4.90 Å². The average molecular weight is 125 g/mol. The average Bonchev–Trinajstić information content (AvgIpc) is 1.90. The molecule has 1 fully saturated rings. The Morgan fingerprint density at radius 3 is 2.44 bits per heavy atom. The van der Waals surface area contributed by atoms with Crippen molar-refractivity contribution in [1.82, 2.24) is 4.90 Å². The van der Waals surface area contributed by atoms with Crippen molar-refractivity contribution in [2.45, 2.75) is 18.9 Å². The minimum Gasteiger partial charge on any atom is -0.306 e. The van der Waals surface area contributed by atoms with Crippen LogP contribution in [-0.4, -0.2) is 31.1 Å². The van der Waals surface area contributed by atoms with E-state index in [9.17, 15) is 0 Å². The Morgan fingerprint density at radius 1 is 1.44 bits per heavy atom. The minimum atomic E-state index is 0.432. The van der Waals surface area contributed by atoms with Crippen LogP contribution in [0.1, 0.15) is 12.8 Å². The van der Waals surface area contributed by atoms with E-state index >= 15 is 0 Å². The van der Waals surface area contributed by atoms with E-state index in [0.29, 0.717) is 6.04 Å². The SMILES string of the molecule is C#[N+]C1CCN(C)CC1. The minimum absolute atomic E-state index is 0.432. The molecule has 0 spiro atoms. The maximum atomic E-state index is 5.16. The molecule has 0 unspecified atom stereocenters. The molecule has 0 radical (unpaired) electrons. The summed E-state index contributed by atoms with van der Waals surface area (Å²) in [5.41, 5.74) is 0. The van der Waals surface area contributed by atoms with Crippen molar-refractivity contribution in [3.63, 3.8) is 0 Å². The summed E-state index contributed by atoms with van der Waals surface area (Å²) in [7, 11) is 2.13. The molecule has 2 heteroatoms. The number of nitrogens with zero attached hydrogens (tertiary/aromatic N) is 2. The van der Waals surface area contributed by atoms with E-state index in [1.54, 1.807) is 0 Å². The number of piperidine rings is 1. The van der Waals surface area contributed by atoms with Gasteiger partial charge in [-0.15, -0.1) is 0 Å². The van der Waals surface area contributed by atoms with E-state index in [1.165, 1.54) is 0 Å². The summed E-state index contributed by atoms with van der Waals surface area (Å²) in [4.78, 5) is 6.06. The lowest BCUT2D eigenvalue weighted by Crippen LogP contribution is -2.31. The third kappa shape index (κ3) is 1.69. The molecule has 0 aromatic heterocycles. The third-order valence-corrected chi connectivity index (χ3v) is 1.90. The molecule has 1 heterocycles. The smallest absolute Gasteiger partial charge is 0.274 e. The Bertz CT molecular complexity index is 117. The molecular formula is C7H13N2+. The lowest BCUT2D eigenvalue weighted by Gasteiger charge is -2.20. The van der Waals surface area contributed by atoms with E-state index in [1.807, 2.05) is 0 Å². The van der Waals surface area contributed by atoms with Gasteiger partial charge >= 0.3 is 0 Å². The molecule has 0 amide bonds. The van der Waals surface area contributed by atoms with Crippen LogP contribution in [0.15, 0.2) is 0 Å². The first-order valence-electron chi connectivity index (χ1n) is 3.41. The van der Waals surface area contributed by atoms with Gasteiger partial charge in [0.15, 0.2) is 0 Å². The second-order valence-electron chi connectivity index (χ2n) is 2.68. The summed E-state index contributed by atoms with van der Waals surface area (Å²) in [5, 5.41) is 0. The summed E-state index contributed by atoms with van der Waals surface area (Å²) in [6, 6.07) is 0.432. The topological polar surface area (TPSA) is 7.60 Å². The van der Waals surface area contributed by atoms with Crippen molar-refractivity contribution in [3.05, 3.63) is 4.85 Å². The molecular weight excluding hydrogens is 112 g/mol. The first kappa shape index (κ1) is 6.57. The number of rotatable bonds is 0. The molecule has 0 atom stereocenters. The molecule has 0 aromatic carbocycles. The second-order valence-corrected chi connectivity index (χ2v) is 2.68. The van der Waals surface area contributed by atoms with Gasteiger partial charge in [0.2, 0.25) is 0 Å². The van der Waals surface area contributed by atoms with Crippen LogP contribution in [0.4, 0.5) is 0 Å². The van der Waals surface area contributed by atoms with Crippen LogP contribution in [0.3, 0.4) is 0 Å². The highest BCUT2D eigenvalue weighted by Crippen LogP contribution is 2.10. The Kier molecular flexibility index (Phi) is 2.07. The fraction of sp³-hybridized carbons (Fsp3) is 0.857. The highest BCUT2D eigenvalue weighted by atomic mass is 15.1. The zero-order chi connectivity index (χ0) is 6.69. The maximum absolute atomic E-state index is 5.16. The quantitative estimate of drug-likeness (QED) is 0.469. The van der Waals surface area contributed by atoms with Crippen LogP contribution in [0.5, 0.6) is 0 Å². The molecule has 0 saturated carbocycles. The summed E-state index contributed by atoms with van der Waals surface area (Å²) in [6.07, 6.45) is 2.26. The molecule has 1 rings (SSSR count). The van der Waals surface area contributed by atoms with E-state index in [2.05, 4.69) is 16.8 Å². The van der Waals surface area contributed by atoms with Crippen LogP contribution in [-0.2, 0) is 0 Å². The van der Waals surface area contributed by atoms with Gasteiger partial charge in [-0.1, -0.05) is 4.85 Å². The van der Waals surface area contributed by atoms with Gasteiger partial charge in [0.1, 0.15) is 0 Å². The largest absolute Gasteiger partial charge is 0.306 e. The fourth-order valence-corrected chi connectivity index (χ4v) is 1.14. The zero-order valence-corrected chi connectivity index (χ0v) is 5.88. The van der Waals surface area contributed by atoms with E-state index in [-0.39, 0.29) is 0 Å². The van der Waals surface area contributed by atoms with Crippen LogP contribution in [0, 0.1) is 6.57 Å². The van der Waals surface area contributed by atoms with Crippen molar-refractivity contribution >= 4 is 0 Å². The second kappa shape index (κ2) is 2.84. The Balaban J connectivity index is 2.28. The molecule has 0 aliphatic carbocycles. The monoisotopic (exact) mass is 125 g/mol.